The third-order valence-electron chi connectivity index (χ3n) is 2.83. The van der Waals surface area contributed by atoms with Crippen molar-refractivity contribution in [1.82, 2.24) is 10.3 Å². The van der Waals surface area contributed by atoms with Gasteiger partial charge in [0.15, 0.2) is 0 Å². The maximum Gasteiger partial charge on any atom is 0.118 e. The minimum absolute atomic E-state index is 0.529. The van der Waals surface area contributed by atoms with Gasteiger partial charge in [0.05, 0.1) is 17.8 Å². The molecule has 1 aromatic heterocycles. The number of hydrogen-bond donors (Lipinski definition) is 1. The lowest BCUT2D eigenvalue weighted by Gasteiger charge is -2.05. The first-order valence-electron chi connectivity index (χ1n) is 6.51. The molecule has 4 heteroatoms. The Morgan fingerprint density at radius 3 is 2.63 bits per heavy atom. The second kappa shape index (κ2) is 6.68. The third kappa shape index (κ3) is 4.04. The second-order valence-electron chi connectivity index (χ2n) is 4.71. The SMILES string of the molecule is COc1ccc(-c2csc(CCNC(C)C)n2)cc1. The predicted octanol–water partition coefficient (Wildman–Crippen LogP) is 3.36. The summed E-state index contributed by atoms with van der Waals surface area (Å²) in [5.41, 5.74) is 2.19. The highest BCUT2D eigenvalue weighted by Crippen LogP contribution is 2.24. The summed E-state index contributed by atoms with van der Waals surface area (Å²) in [5.74, 6) is 0.875. The first kappa shape index (κ1) is 14.0. The zero-order chi connectivity index (χ0) is 13.7. The Morgan fingerprint density at radius 1 is 1.26 bits per heavy atom. The molecule has 0 amide bonds. The van der Waals surface area contributed by atoms with Crippen LogP contribution in [0, 0.1) is 0 Å². The summed E-state index contributed by atoms with van der Waals surface area (Å²) in [7, 11) is 1.68. The van der Waals surface area contributed by atoms with E-state index in [9.17, 15) is 0 Å². The number of rotatable bonds is 6. The van der Waals surface area contributed by atoms with Crippen molar-refractivity contribution in [2.24, 2.45) is 0 Å². The summed E-state index contributed by atoms with van der Waals surface area (Å²) in [6, 6.07) is 8.55. The number of nitrogens with zero attached hydrogens (tertiary/aromatic N) is 1. The van der Waals surface area contributed by atoms with Crippen molar-refractivity contribution < 1.29 is 4.74 Å². The number of benzene rings is 1. The number of nitrogens with one attached hydrogen (secondary N) is 1. The van der Waals surface area contributed by atoms with Gasteiger partial charge in [0.25, 0.3) is 0 Å². The maximum atomic E-state index is 5.16. The molecule has 0 fully saturated rings. The van der Waals surface area contributed by atoms with Gasteiger partial charge in [0.1, 0.15) is 5.75 Å². The van der Waals surface area contributed by atoms with E-state index in [2.05, 4.69) is 29.5 Å². The van der Waals surface area contributed by atoms with E-state index < -0.39 is 0 Å². The van der Waals surface area contributed by atoms with Gasteiger partial charge in [-0.25, -0.2) is 4.98 Å². The number of methoxy groups -OCH3 is 1. The van der Waals surface area contributed by atoms with Gasteiger partial charge in [-0.1, -0.05) is 13.8 Å². The van der Waals surface area contributed by atoms with Gasteiger partial charge in [0.2, 0.25) is 0 Å². The number of hydrogen-bond acceptors (Lipinski definition) is 4. The maximum absolute atomic E-state index is 5.16. The smallest absolute Gasteiger partial charge is 0.118 e. The van der Waals surface area contributed by atoms with Gasteiger partial charge < -0.3 is 10.1 Å². The quantitative estimate of drug-likeness (QED) is 0.878. The second-order valence-corrected chi connectivity index (χ2v) is 5.66. The summed E-state index contributed by atoms with van der Waals surface area (Å²) in [4.78, 5) is 4.67. The topological polar surface area (TPSA) is 34.1 Å². The molecule has 1 N–H and O–H groups in total. The van der Waals surface area contributed by atoms with E-state index in [1.165, 1.54) is 5.01 Å². The average Bonchev–Trinajstić information content (AvgIpc) is 2.87. The van der Waals surface area contributed by atoms with Crippen LogP contribution in [-0.2, 0) is 6.42 Å². The third-order valence-corrected chi connectivity index (χ3v) is 3.74. The Labute approximate surface area is 118 Å². The molecule has 0 aliphatic heterocycles. The summed E-state index contributed by atoms with van der Waals surface area (Å²) in [6.45, 7) is 5.29. The molecule has 0 saturated heterocycles. The molecule has 1 heterocycles. The molecule has 2 rings (SSSR count). The molecule has 3 nitrogen and oxygen atoms in total. The van der Waals surface area contributed by atoms with Crippen LogP contribution < -0.4 is 10.1 Å². The predicted molar refractivity (Wildman–Crippen MR) is 80.9 cm³/mol. The average molecular weight is 276 g/mol. The zero-order valence-corrected chi connectivity index (χ0v) is 12.5. The Bertz CT molecular complexity index is 505. The lowest BCUT2D eigenvalue weighted by Crippen LogP contribution is -2.24. The molecule has 0 aliphatic rings. The van der Waals surface area contributed by atoms with Crippen LogP contribution in [0.25, 0.3) is 11.3 Å². The molecular weight excluding hydrogens is 256 g/mol. The van der Waals surface area contributed by atoms with E-state index in [-0.39, 0.29) is 0 Å². The van der Waals surface area contributed by atoms with Crippen molar-refractivity contribution in [1.29, 1.82) is 0 Å². The highest BCUT2D eigenvalue weighted by molar-refractivity contribution is 7.09. The summed E-state index contributed by atoms with van der Waals surface area (Å²) >= 11 is 1.72. The van der Waals surface area contributed by atoms with E-state index in [1.54, 1.807) is 18.4 Å². The standard InChI is InChI=1S/C15H20N2OS/c1-11(2)16-9-8-15-17-14(10-19-15)12-4-6-13(18-3)7-5-12/h4-7,10-11,16H,8-9H2,1-3H3. The molecular formula is C15H20N2OS. The van der Waals surface area contributed by atoms with Gasteiger partial charge in [0, 0.05) is 30.0 Å². The fourth-order valence-electron chi connectivity index (χ4n) is 1.79. The van der Waals surface area contributed by atoms with Crippen LogP contribution in [0.2, 0.25) is 0 Å². The van der Waals surface area contributed by atoms with Crippen molar-refractivity contribution >= 4 is 11.3 Å². The van der Waals surface area contributed by atoms with Gasteiger partial charge >= 0.3 is 0 Å². The molecule has 0 spiro atoms. The highest BCUT2D eigenvalue weighted by Gasteiger charge is 2.05. The fraction of sp³-hybridized carbons (Fsp3) is 0.400. The number of ether oxygens (including phenoxy) is 1. The van der Waals surface area contributed by atoms with Gasteiger partial charge in [-0.05, 0) is 24.3 Å². The van der Waals surface area contributed by atoms with Crippen molar-refractivity contribution in [2.75, 3.05) is 13.7 Å². The van der Waals surface area contributed by atoms with Crippen LogP contribution in [0.1, 0.15) is 18.9 Å². The molecule has 0 unspecified atom stereocenters. The molecule has 19 heavy (non-hydrogen) atoms. The molecule has 0 aliphatic carbocycles. The van der Waals surface area contributed by atoms with Gasteiger partial charge in [-0.2, -0.15) is 0 Å². The number of aromatic nitrogens is 1. The monoisotopic (exact) mass is 276 g/mol. The zero-order valence-electron chi connectivity index (χ0n) is 11.6. The lowest BCUT2D eigenvalue weighted by molar-refractivity contribution is 0.415. The normalized spacial score (nSPS) is 10.9. The van der Waals surface area contributed by atoms with Gasteiger partial charge in [-0.3, -0.25) is 0 Å². The van der Waals surface area contributed by atoms with Crippen molar-refractivity contribution in [3.8, 4) is 17.0 Å². The molecule has 102 valence electrons. The van der Waals surface area contributed by atoms with Crippen LogP contribution in [0.3, 0.4) is 0 Å². The lowest BCUT2D eigenvalue weighted by atomic mass is 10.2. The van der Waals surface area contributed by atoms with Crippen LogP contribution in [0.15, 0.2) is 29.6 Å². The van der Waals surface area contributed by atoms with Crippen LogP contribution >= 0.6 is 11.3 Å². The first-order valence-corrected chi connectivity index (χ1v) is 7.39. The Kier molecular flexibility index (Phi) is 4.93. The van der Waals surface area contributed by atoms with Crippen LogP contribution in [0.5, 0.6) is 5.75 Å². The summed E-state index contributed by atoms with van der Waals surface area (Å²) in [6.07, 6.45) is 0.985. The Hall–Kier alpha value is -1.39. The molecule has 0 bridgehead atoms. The molecule has 0 saturated carbocycles. The fourth-order valence-corrected chi connectivity index (χ4v) is 2.60. The summed E-state index contributed by atoms with van der Waals surface area (Å²) in [5, 5.41) is 6.71. The Balaban J connectivity index is 1.99. The minimum Gasteiger partial charge on any atom is -0.497 e. The van der Waals surface area contributed by atoms with Crippen LogP contribution in [0.4, 0.5) is 0 Å². The van der Waals surface area contributed by atoms with Crippen molar-refractivity contribution in [3.05, 3.63) is 34.7 Å². The molecule has 1 aromatic carbocycles. The van der Waals surface area contributed by atoms with E-state index >= 15 is 0 Å². The largest absolute Gasteiger partial charge is 0.497 e. The molecule has 0 atom stereocenters. The van der Waals surface area contributed by atoms with Crippen LogP contribution in [-0.4, -0.2) is 24.7 Å². The van der Waals surface area contributed by atoms with Gasteiger partial charge in [-0.15, -0.1) is 11.3 Å². The Morgan fingerprint density at radius 2 is 2.00 bits per heavy atom. The minimum atomic E-state index is 0.529. The van der Waals surface area contributed by atoms with E-state index in [0.717, 1.165) is 30.0 Å². The molecule has 2 aromatic rings. The molecule has 0 radical (unpaired) electrons. The highest BCUT2D eigenvalue weighted by atomic mass is 32.1. The van der Waals surface area contributed by atoms with E-state index in [1.807, 2.05) is 24.3 Å². The van der Waals surface area contributed by atoms with Crippen molar-refractivity contribution in [2.45, 2.75) is 26.3 Å². The van der Waals surface area contributed by atoms with E-state index in [0.29, 0.717) is 6.04 Å². The number of thiazole rings is 1. The van der Waals surface area contributed by atoms with Crippen molar-refractivity contribution in [3.63, 3.8) is 0 Å². The summed E-state index contributed by atoms with van der Waals surface area (Å²) < 4.78 is 5.16. The first-order chi connectivity index (χ1) is 9.19. The van der Waals surface area contributed by atoms with E-state index in [4.69, 9.17) is 4.74 Å².